The molecule has 0 aromatic heterocycles. The van der Waals surface area contributed by atoms with E-state index in [2.05, 4.69) is 0 Å². The Hall–Kier alpha value is -3.09. The van der Waals surface area contributed by atoms with Crippen LogP contribution in [0.15, 0.2) is 48.5 Å². The Labute approximate surface area is 138 Å². The van der Waals surface area contributed by atoms with E-state index < -0.39 is 17.0 Å². The van der Waals surface area contributed by atoms with Crippen LogP contribution < -0.4 is 9.47 Å². The smallest absolute Gasteiger partial charge is 0.347 e. The first-order valence-corrected chi connectivity index (χ1v) is 7.36. The Bertz CT molecular complexity index is 713. The van der Waals surface area contributed by atoms with E-state index >= 15 is 0 Å². The molecule has 0 fully saturated rings. The number of nitro groups is 1. The molecule has 0 saturated carbocycles. The van der Waals surface area contributed by atoms with Crippen molar-refractivity contribution in [3.63, 3.8) is 0 Å². The van der Waals surface area contributed by atoms with E-state index in [4.69, 9.17) is 14.2 Å². The molecule has 7 heteroatoms. The average molecular weight is 331 g/mol. The Kier molecular flexibility index (Phi) is 5.73. The highest BCUT2D eigenvalue weighted by Crippen LogP contribution is 2.31. The molecule has 2 rings (SSSR count). The Morgan fingerprint density at radius 2 is 1.75 bits per heavy atom. The van der Waals surface area contributed by atoms with Crippen LogP contribution in [0.2, 0.25) is 0 Å². The Balaban J connectivity index is 2.05. The second-order valence-corrected chi connectivity index (χ2v) is 4.81. The maximum absolute atomic E-state index is 11.5. The lowest BCUT2D eigenvalue weighted by Gasteiger charge is -2.13. The summed E-state index contributed by atoms with van der Waals surface area (Å²) in [7, 11) is 0. The summed E-state index contributed by atoms with van der Waals surface area (Å²) in [6.45, 7) is 3.60. The van der Waals surface area contributed by atoms with Crippen molar-refractivity contribution in [1.29, 1.82) is 0 Å². The number of ether oxygens (including phenoxy) is 3. The summed E-state index contributed by atoms with van der Waals surface area (Å²) < 4.78 is 15.8. The van der Waals surface area contributed by atoms with Crippen LogP contribution in [0.3, 0.4) is 0 Å². The normalized spacial score (nSPS) is 11.4. The highest BCUT2D eigenvalue weighted by atomic mass is 16.6. The van der Waals surface area contributed by atoms with E-state index in [0.29, 0.717) is 11.5 Å². The third-order valence-electron chi connectivity index (χ3n) is 3.04. The van der Waals surface area contributed by atoms with E-state index in [1.807, 2.05) is 0 Å². The van der Waals surface area contributed by atoms with Gasteiger partial charge in [0.1, 0.15) is 11.5 Å². The molecule has 0 aliphatic rings. The van der Waals surface area contributed by atoms with Crippen LogP contribution in [0.1, 0.15) is 13.8 Å². The number of para-hydroxylation sites is 2. The van der Waals surface area contributed by atoms with Crippen molar-refractivity contribution in [3.8, 4) is 17.2 Å². The average Bonchev–Trinajstić information content (AvgIpc) is 2.57. The fourth-order valence-corrected chi connectivity index (χ4v) is 1.92. The van der Waals surface area contributed by atoms with Crippen molar-refractivity contribution in [2.45, 2.75) is 20.0 Å². The summed E-state index contributed by atoms with van der Waals surface area (Å²) in [6.07, 6.45) is -0.730. The lowest BCUT2D eigenvalue weighted by atomic mass is 10.3. The van der Waals surface area contributed by atoms with Crippen LogP contribution in [0.25, 0.3) is 0 Å². The minimum absolute atomic E-state index is 0.117. The van der Waals surface area contributed by atoms with Crippen molar-refractivity contribution < 1.29 is 23.9 Å². The summed E-state index contributed by atoms with van der Waals surface area (Å²) in [5.41, 5.74) is -0.117. The second kappa shape index (κ2) is 7.96. The predicted octanol–water partition coefficient (Wildman–Crippen LogP) is 3.72. The molecule has 0 saturated heterocycles. The molecule has 1 atom stereocenters. The molecule has 0 amide bonds. The number of hydrogen-bond donors (Lipinski definition) is 0. The summed E-state index contributed by atoms with van der Waals surface area (Å²) >= 11 is 0. The molecule has 0 heterocycles. The number of nitro benzene ring substituents is 1. The zero-order valence-electron chi connectivity index (χ0n) is 13.3. The second-order valence-electron chi connectivity index (χ2n) is 4.81. The van der Waals surface area contributed by atoms with Gasteiger partial charge in [0.05, 0.1) is 11.5 Å². The first kappa shape index (κ1) is 17.3. The third kappa shape index (κ3) is 4.45. The molecule has 2 aromatic rings. The van der Waals surface area contributed by atoms with Crippen molar-refractivity contribution in [2.24, 2.45) is 0 Å². The van der Waals surface area contributed by atoms with E-state index in [1.54, 1.807) is 50.2 Å². The number of hydrogen-bond acceptors (Lipinski definition) is 6. The van der Waals surface area contributed by atoms with E-state index in [1.165, 1.54) is 12.1 Å². The van der Waals surface area contributed by atoms with Gasteiger partial charge in [-0.1, -0.05) is 12.1 Å². The van der Waals surface area contributed by atoms with Crippen molar-refractivity contribution in [2.75, 3.05) is 6.61 Å². The molecule has 24 heavy (non-hydrogen) atoms. The van der Waals surface area contributed by atoms with Gasteiger partial charge in [0.2, 0.25) is 5.75 Å². The first-order valence-electron chi connectivity index (χ1n) is 7.36. The molecular weight excluding hydrogens is 314 g/mol. The summed E-state index contributed by atoms with van der Waals surface area (Å²) in [5, 5.41) is 11.0. The van der Waals surface area contributed by atoms with Gasteiger partial charge in [-0.05, 0) is 44.2 Å². The fraction of sp³-hybridized carbons (Fsp3) is 0.235. The highest BCUT2D eigenvalue weighted by molar-refractivity contribution is 5.74. The molecule has 0 aliphatic carbocycles. The van der Waals surface area contributed by atoms with Crippen LogP contribution in [0.4, 0.5) is 5.69 Å². The molecule has 0 N–H and O–H groups in total. The summed E-state index contributed by atoms with van der Waals surface area (Å²) in [5.74, 6) is 0.583. The van der Waals surface area contributed by atoms with Crippen LogP contribution in [-0.4, -0.2) is 23.6 Å². The van der Waals surface area contributed by atoms with Gasteiger partial charge in [-0.25, -0.2) is 4.79 Å². The van der Waals surface area contributed by atoms with Gasteiger partial charge in [-0.2, -0.15) is 0 Å². The summed E-state index contributed by atoms with van der Waals surface area (Å²) in [4.78, 5) is 22.0. The van der Waals surface area contributed by atoms with Gasteiger partial charge in [0.25, 0.3) is 0 Å². The number of carbonyl (C=O) groups excluding carboxylic acids is 1. The van der Waals surface area contributed by atoms with Gasteiger partial charge >= 0.3 is 11.7 Å². The largest absolute Gasteiger partial charge is 0.479 e. The molecule has 0 bridgehead atoms. The van der Waals surface area contributed by atoms with Crippen molar-refractivity contribution >= 4 is 11.7 Å². The van der Waals surface area contributed by atoms with Crippen LogP contribution in [-0.2, 0) is 9.53 Å². The first-order chi connectivity index (χ1) is 11.5. The maximum Gasteiger partial charge on any atom is 0.347 e. The minimum Gasteiger partial charge on any atom is -0.479 e. The van der Waals surface area contributed by atoms with Gasteiger partial charge in [-0.15, -0.1) is 0 Å². The van der Waals surface area contributed by atoms with Gasteiger partial charge in [-0.3, -0.25) is 10.1 Å². The van der Waals surface area contributed by atoms with E-state index in [9.17, 15) is 14.9 Å². The quantitative estimate of drug-likeness (QED) is 0.436. The number of benzene rings is 2. The van der Waals surface area contributed by atoms with Gasteiger partial charge in [0, 0.05) is 6.07 Å². The molecule has 1 unspecified atom stereocenters. The van der Waals surface area contributed by atoms with Crippen LogP contribution in [0, 0.1) is 10.1 Å². The number of carbonyl (C=O) groups is 1. The van der Waals surface area contributed by atoms with Crippen LogP contribution in [0.5, 0.6) is 17.2 Å². The van der Waals surface area contributed by atoms with Gasteiger partial charge in [0.15, 0.2) is 6.10 Å². The maximum atomic E-state index is 11.5. The number of esters is 1. The zero-order chi connectivity index (χ0) is 17.5. The monoisotopic (exact) mass is 331 g/mol. The van der Waals surface area contributed by atoms with Gasteiger partial charge < -0.3 is 14.2 Å². The lowest BCUT2D eigenvalue weighted by molar-refractivity contribution is -0.385. The van der Waals surface area contributed by atoms with E-state index in [-0.39, 0.29) is 18.0 Å². The topological polar surface area (TPSA) is 87.9 Å². The molecule has 2 aromatic carbocycles. The zero-order valence-corrected chi connectivity index (χ0v) is 13.3. The Morgan fingerprint density at radius 1 is 1.12 bits per heavy atom. The fourth-order valence-electron chi connectivity index (χ4n) is 1.92. The molecule has 126 valence electrons. The summed E-state index contributed by atoms with van der Waals surface area (Å²) in [6, 6.07) is 12.5. The molecule has 7 nitrogen and oxygen atoms in total. The third-order valence-corrected chi connectivity index (χ3v) is 3.04. The van der Waals surface area contributed by atoms with Crippen molar-refractivity contribution in [3.05, 3.63) is 58.6 Å². The Morgan fingerprint density at radius 3 is 2.38 bits per heavy atom. The predicted molar refractivity (Wildman–Crippen MR) is 86.3 cm³/mol. The molecule has 0 aliphatic heterocycles. The van der Waals surface area contributed by atoms with Crippen LogP contribution >= 0.6 is 0 Å². The highest BCUT2D eigenvalue weighted by Gasteiger charge is 2.16. The SMILES string of the molecule is CCOC(=O)C(C)Oc1ccc(Oc2ccccc2[N+](=O)[O-])cc1. The van der Waals surface area contributed by atoms with E-state index in [0.717, 1.165) is 0 Å². The lowest BCUT2D eigenvalue weighted by Crippen LogP contribution is -2.25. The number of nitrogens with zero attached hydrogens (tertiary/aromatic N) is 1. The molecular formula is C17H17NO6. The molecule has 0 radical (unpaired) electrons. The molecule has 0 spiro atoms. The minimum atomic E-state index is -0.730. The number of rotatable bonds is 7. The van der Waals surface area contributed by atoms with Crippen molar-refractivity contribution in [1.82, 2.24) is 0 Å². The standard InChI is InChI=1S/C17H17NO6/c1-3-22-17(19)12(2)23-13-8-10-14(11-9-13)24-16-7-5-4-6-15(16)18(20)21/h4-12H,3H2,1-2H3.